The molecule has 1 aliphatic rings. The smallest absolute Gasteiger partial charge is 0.162 e. The predicted molar refractivity (Wildman–Crippen MR) is 76.4 cm³/mol. The zero-order valence-corrected chi connectivity index (χ0v) is 11.2. The van der Waals surface area contributed by atoms with E-state index in [0.29, 0.717) is 13.2 Å². The van der Waals surface area contributed by atoms with Crippen LogP contribution >= 0.6 is 0 Å². The van der Waals surface area contributed by atoms with Gasteiger partial charge in [0.2, 0.25) is 0 Å². The number of ether oxygens (including phenoxy) is 2. The molecule has 4 rings (SSSR count). The van der Waals surface area contributed by atoms with E-state index >= 15 is 0 Å². The molecule has 0 atom stereocenters. The van der Waals surface area contributed by atoms with Crippen LogP contribution in [0.3, 0.4) is 0 Å². The van der Waals surface area contributed by atoms with Crippen molar-refractivity contribution in [1.82, 2.24) is 9.38 Å². The number of fused-ring (bicyclic) bond motifs is 2. The number of aryl methyl sites for hydroxylation is 1. The lowest BCUT2D eigenvalue weighted by Crippen LogP contribution is -2.15. The standard InChI is InChI=1S/C16H14N2O2/c1-11-4-5-18-10-13(17-16(18)8-11)12-2-3-14-15(9-12)20-7-6-19-14/h2-5,8-10H,6-7H2,1H3. The molecule has 4 nitrogen and oxygen atoms in total. The van der Waals surface area contributed by atoms with Gasteiger partial charge in [-0.3, -0.25) is 0 Å². The summed E-state index contributed by atoms with van der Waals surface area (Å²) in [5.74, 6) is 1.60. The molecule has 3 heterocycles. The van der Waals surface area contributed by atoms with E-state index in [2.05, 4.69) is 24.0 Å². The van der Waals surface area contributed by atoms with Gasteiger partial charge in [-0.25, -0.2) is 4.98 Å². The van der Waals surface area contributed by atoms with Crippen molar-refractivity contribution in [3.8, 4) is 22.8 Å². The van der Waals surface area contributed by atoms with Crippen LogP contribution in [0.5, 0.6) is 11.5 Å². The lowest BCUT2D eigenvalue weighted by atomic mass is 10.1. The van der Waals surface area contributed by atoms with Crippen molar-refractivity contribution < 1.29 is 9.47 Å². The molecule has 1 aromatic carbocycles. The van der Waals surface area contributed by atoms with Gasteiger partial charge < -0.3 is 13.9 Å². The highest BCUT2D eigenvalue weighted by Gasteiger charge is 2.13. The Morgan fingerprint density at radius 2 is 1.90 bits per heavy atom. The van der Waals surface area contributed by atoms with E-state index in [4.69, 9.17) is 9.47 Å². The summed E-state index contributed by atoms with van der Waals surface area (Å²) in [6.07, 6.45) is 4.05. The first kappa shape index (κ1) is 11.3. The summed E-state index contributed by atoms with van der Waals surface area (Å²) in [7, 11) is 0. The monoisotopic (exact) mass is 266 g/mol. The number of rotatable bonds is 1. The fourth-order valence-electron chi connectivity index (χ4n) is 2.43. The molecule has 0 saturated heterocycles. The van der Waals surface area contributed by atoms with Gasteiger partial charge in [0.05, 0.1) is 5.69 Å². The van der Waals surface area contributed by atoms with E-state index in [1.54, 1.807) is 0 Å². The van der Waals surface area contributed by atoms with Crippen molar-refractivity contribution in [3.05, 3.63) is 48.3 Å². The first-order valence-electron chi connectivity index (χ1n) is 6.65. The van der Waals surface area contributed by atoms with Crippen LogP contribution in [0.2, 0.25) is 0 Å². The van der Waals surface area contributed by atoms with Crippen LogP contribution in [0.15, 0.2) is 42.7 Å². The summed E-state index contributed by atoms with van der Waals surface area (Å²) in [6, 6.07) is 10.1. The summed E-state index contributed by atoms with van der Waals surface area (Å²) >= 11 is 0. The fourth-order valence-corrected chi connectivity index (χ4v) is 2.43. The quantitative estimate of drug-likeness (QED) is 0.679. The molecule has 0 N–H and O–H groups in total. The van der Waals surface area contributed by atoms with Crippen LogP contribution in [-0.2, 0) is 0 Å². The van der Waals surface area contributed by atoms with E-state index in [1.807, 2.05) is 35.0 Å². The second-order valence-corrected chi connectivity index (χ2v) is 4.95. The summed E-state index contributed by atoms with van der Waals surface area (Å²) in [5, 5.41) is 0. The Bertz CT molecular complexity index is 792. The van der Waals surface area contributed by atoms with Gasteiger partial charge in [0.25, 0.3) is 0 Å². The van der Waals surface area contributed by atoms with E-state index < -0.39 is 0 Å². The maximum absolute atomic E-state index is 5.62. The molecule has 0 unspecified atom stereocenters. The van der Waals surface area contributed by atoms with Crippen molar-refractivity contribution >= 4 is 5.65 Å². The molecule has 0 amide bonds. The predicted octanol–water partition coefficient (Wildman–Crippen LogP) is 3.08. The Kier molecular flexibility index (Phi) is 2.42. The minimum atomic E-state index is 0.598. The van der Waals surface area contributed by atoms with Gasteiger partial charge in [0.1, 0.15) is 18.9 Å². The first-order chi connectivity index (χ1) is 9.79. The number of nitrogens with zero attached hydrogens (tertiary/aromatic N) is 2. The number of imidazole rings is 1. The molecular weight excluding hydrogens is 252 g/mol. The zero-order valence-electron chi connectivity index (χ0n) is 11.2. The second-order valence-electron chi connectivity index (χ2n) is 4.95. The number of pyridine rings is 1. The van der Waals surface area contributed by atoms with Crippen LogP contribution < -0.4 is 9.47 Å². The van der Waals surface area contributed by atoms with E-state index in [0.717, 1.165) is 28.4 Å². The molecule has 0 aliphatic carbocycles. The molecule has 20 heavy (non-hydrogen) atoms. The second kappa shape index (κ2) is 4.27. The van der Waals surface area contributed by atoms with Crippen molar-refractivity contribution in [2.45, 2.75) is 6.92 Å². The number of hydrogen-bond acceptors (Lipinski definition) is 3. The van der Waals surface area contributed by atoms with Crippen LogP contribution in [-0.4, -0.2) is 22.6 Å². The number of aromatic nitrogens is 2. The van der Waals surface area contributed by atoms with Crippen LogP contribution in [0, 0.1) is 6.92 Å². The number of hydrogen-bond donors (Lipinski definition) is 0. The Labute approximate surface area is 116 Å². The molecule has 0 saturated carbocycles. The minimum absolute atomic E-state index is 0.598. The minimum Gasteiger partial charge on any atom is -0.486 e. The maximum atomic E-state index is 5.62. The molecule has 1 aliphatic heterocycles. The van der Waals surface area contributed by atoms with Gasteiger partial charge in [-0.2, -0.15) is 0 Å². The SMILES string of the molecule is Cc1ccn2cc(-c3ccc4c(c3)OCCO4)nc2c1. The highest BCUT2D eigenvalue weighted by molar-refractivity contribution is 5.66. The Morgan fingerprint density at radius 1 is 1.05 bits per heavy atom. The lowest BCUT2D eigenvalue weighted by Gasteiger charge is -2.18. The van der Waals surface area contributed by atoms with Crippen LogP contribution in [0.4, 0.5) is 0 Å². The summed E-state index contributed by atoms with van der Waals surface area (Å²) in [6.45, 7) is 3.28. The average Bonchev–Trinajstić information content (AvgIpc) is 2.89. The lowest BCUT2D eigenvalue weighted by molar-refractivity contribution is 0.171. The summed E-state index contributed by atoms with van der Waals surface area (Å²) in [4.78, 5) is 4.66. The van der Waals surface area contributed by atoms with E-state index in [-0.39, 0.29) is 0 Å². The molecule has 2 aromatic heterocycles. The first-order valence-corrected chi connectivity index (χ1v) is 6.65. The molecule has 100 valence electrons. The van der Waals surface area contributed by atoms with Gasteiger partial charge in [-0.05, 0) is 42.8 Å². The van der Waals surface area contributed by atoms with Crippen molar-refractivity contribution in [3.63, 3.8) is 0 Å². The van der Waals surface area contributed by atoms with Crippen molar-refractivity contribution in [2.24, 2.45) is 0 Å². The van der Waals surface area contributed by atoms with Crippen molar-refractivity contribution in [2.75, 3.05) is 13.2 Å². The van der Waals surface area contributed by atoms with Crippen molar-refractivity contribution in [1.29, 1.82) is 0 Å². The summed E-state index contributed by atoms with van der Waals surface area (Å²) < 4.78 is 13.2. The van der Waals surface area contributed by atoms with Gasteiger partial charge >= 0.3 is 0 Å². The third kappa shape index (κ3) is 1.81. The molecule has 0 radical (unpaired) electrons. The largest absolute Gasteiger partial charge is 0.486 e. The highest BCUT2D eigenvalue weighted by Crippen LogP contribution is 2.34. The Morgan fingerprint density at radius 3 is 2.80 bits per heavy atom. The molecule has 0 fully saturated rings. The third-order valence-electron chi connectivity index (χ3n) is 3.45. The van der Waals surface area contributed by atoms with Crippen LogP contribution in [0.1, 0.15) is 5.56 Å². The van der Waals surface area contributed by atoms with Gasteiger partial charge in [-0.15, -0.1) is 0 Å². The van der Waals surface area contributed by atoms with Crippen LogP contribution in [0.25, 0.3) is 16.9 Å². The number of benzene rings is 1. The molecule has 0 bridgehead atoms. The topological polar surface area (TPSA) is 35.8 Å². The van der Waals surface area contributed by atoms with E-state index in [1.165, 1.54) is 5.56 Å². The maximum Gasteiger partial charge on any atom is 0.162 e. The van der Waals surface area contributed by atoms with Gasteiger partial charge in [0.15, 0.2) is 11.5 Å². The van der Waals surface area contributed by atoms with E-state index in [9.17, 15) is 0 Å². The molecule has 0 spiro atoms. The Balaban J connectivity index is 1.82. The zero-order chi connectivity index (χ0) is 13.5. The fraction of sp³-hybridized carbons (Fsp3) is 0.188. The summed E-state index contributed by atoms with van der Waals surface area (Å²) in [5.41, 5.74) is 4.13. The van der Waals surface area contributed by atoms with Gasteiger partial charge in [-0.1, -0.05) is 0 Å². The average molecular weight is 266 g/mol. The Hall–Kier alpha value is -2.49. The molecule has 3 aromatic rings. The van der Waals surface area contributed by atoms with Gasteiger partial charge in [0, 0.05) is 18.0 Å². The normalized spacial score (nSPS) is 13.7. The third-order valence-corrected chi connectivity index (χ3v) is 3.45. The highest BCUT2D eigenvalue weighted by atomic mass is 16.6. The molecule has 4 heteroatoms. The molecular formula is C16H14N2O2.